The van der Waals surface area contributed by atoms with Gasteiger partial charge in [0.2, 0.25) is 0 Å². The minimum Gasteiger partial charge on any atom is -0.266 e. The minimum absolute atomic E-state index is 0.194. The number of benzene rings is 3. The fourth-order valence-corrected chi connectivity index (χ4v) is 4.44. The zero-order valence-corrected chi connectivity index (χ0v) is 14.2. The third-order valence-corrected chi connectivity index (χ3v) is 5.83. The van der Waals surface area contributed by atoms with Crippen molar-refractivity contribution in [3.05, 3.63) is 71.8 Å². The number of rotatable bonds is 4. The van der Waals surface area contributed by atoms with Crippen LogP contribution in [0.1, 0.15) is 6.92 Å². The monoisotopic (exact) mass is 345 g/mol. The van der Waals surface area contributed by atoms with Crippen LogP contribution < -0.4 is 4.31 Å². The van der Waals surface area contributed by atoms with E-state index < -0.39 is 10.0 Å². The smallest absolute Gasteiger partial charge is 0.264 e. The van der Waals surface area contributed by atoms with Crippen molar-refractivity contribution in [2.24, 2.45) is 0 Å². The first-order chi connectivity index (χ1) is 11.0. The van der Waals surface area contributed by atoms with Crippen molar-refractivity contribution in [1.29, 1.82) is 0 Å². The van der Waals surface area contributed by atoms with Crippen molar-refractivity contribution >= 4 is 38.1 Å². The quantitative estimate of drug-likeness (QED) is 0.686. The Morgan fingerprint density at radius 2 is 1.65 bits per heavy atom. The van der Waals surface area contributed by atoms with Gasteiger partial charge in [-0.25, -0.2) is 8.42 Å². The van der Waals surface area contributed by atoms with E-state index in [2.05, 4.69) is 0 Å². The molecule has 3 aromatic rings. The summed E-state index contributed by atoms with van der Waals surface area (Å²) in [4.78, 5) is 0.194. The molecule has 0 aliphatic heterocycles. The van der Waals surface area contributed by atoms with E-state index in [1.807, 2.05) is 49.4 Å². The third-order valence-electron chi connectivity index (χ3n) is 3.71. The van der Waals surface area contributed by atoms with Crippen molar-refractivity contribution in [3.8, 4) is 0 Å². The summed E-state index contributed by atoms with van der Waals surface area (Å²) in [5.41, 5.74) is 0.672. The zero-order valence-electron chi connectivity index (χ0n) is 12.6. The van der Waals surface area contributed by atoms with E-state index in [1.165, 1.54) is 10.4 Å². The fourth-order valence-electron chi connectivity index (χ4n) is 2.65. The van der Waals surface area contributed by atoms with E-state index in [0.29, 0.717) is 17.3 Å². The van der Waals surface area contributed by atoms with Crippen LogP contribution in [-0.4, -0.2) is 15.0 Å². The average Bonchev–Trinajstić information content (AvgIpc) is 2.55. The van der Waals surface area contributed by atoms with Crippen molar-refractivity contribution in [1.82, 2.24) is 0 Å². The number of nitrogens with zero attached hydrogens (tertiary/aromatic N) is 1. The van der Waals surface area contributed by atoms with Gasteiger partial charge in [-0.15, -0.1) is 0 Å². The maximum Gasteiger partial charge on any atom is 0.264 e. The second-order valence-corrected chi connectivity index (χ2v) is 7.42. The van der Waals surface area contributed by atoms with Gasteiger partial charge in [0.15, 0.2) is 0 Å². The molecule has 3 nitrogen and oxygen atoms in total. The molecule has 0 aliphatic rings. The molecular formula is C18H16ClNO2S. The lowest BCUT2D eigenvalue weighted by Crippen LogP contribution is -2.30. The molecule has 3 rings (SSSR count). The molecule has 23 heavy (non-hydrogen) atoms. The number of anilines is 1. The van der Waals surface area contributed by atoms with E-state index in [1.54, 1.807) is 18.2 Å². The molecule has 0 fully saturated rings. The SMILES string of the molecule is CCN(c1cccc2ccccc12)S(=O)(=O)c1cccc(Cl)c1. The number of hydrogen-bond donors (Lipinski definition) is 0. The summed E-state index contributed by atoms with van der Waals surface area (Å²) in [7, 11) is -3.67. The second-order valence-electron chi connectivity index (χ2n) is 5.13. The van der Waals surface area contributed by atoms with E-state index in [-0.39, 0.29) is 4.90 Å². The second kappa shape index (κ2) is 6.22. The highest BCUT2D eigenvalue weighted by atomic mass is 35.5. The summed E-state index contributed by atoms with van der Waals surface area (Å²) < 4.78 is 27.5. The standard InChI is InChI=1S/C18H16ClNO2S/c1-2-20(23(21,22)16-10-6-9-15(19)13-16)18-12-5-8-14-7-3-4-11-17(14)18/h3-13H,2H2,1H3. The lowest BCUT2D eigenvalue weighted by Gasteiger charge is -2.24. The van der Waals surface area contributed by atoms with Crippen molar-refractivity contribution in [3.63, 3.8) is 0 Å². The maximum absolute atomic E-state index is 13.0. The molecule has 0 aromatic heterocycles. The maximum atomic E-state index is 13.0. The van der Waals surface area contributed by atoms with Crippen molar-refractivity contribution < 1.29 is 8.42 Å². The minimum atomic E-state index is -3.67. The highest BCUT2D eigenvalue weighted by molar-refractivity contribution is 7.92. The molecule has 0 unspecified atom stereocenters. The van der Waals surface area contributed by atoms with Gasteiger partial charge in [0.05, 0.1) is 10.6 Å². The number of fused-ring (bicyclic) bond motifs is 1. The topological polar surface area (TPSA) is 37.4 Å². The Kier molecular flexibility index (Phi) is 4.28. The molecular weight excluding hydrogens is 330 g/mol. The van der Waals surface area contributed by atoms with Gasteiger partial charge in [-0.2, -0.15) is 0 Å². The predicted octanol–water partition coefficient (Wildman–Crippen LogP) is 4.71. The van der Waals surface area contributed by atoms with E-state index in [0.717, 1.165) is 10.8 Å². The normalized spacial score (nSPS) is 11.6. The van der Waals surface area contributed by atoms with Crippen LogP contribution in [0.5, 0.6) is 0 Å². The molecule has 0 radical (unpaired) electrons. The largest absolute Gasteiger partial charge is 0.266 e. The van der Waals surface area contributed by atoms with Gasteiger partial charge < -0.3 is 0 Å². The first-order valence-electron chi connectivity index (χ1n) is 7.30. The first-order valence-corrected chi connectivity index (χ1v) is 9.12. The van der Waals surface area contributed by atoms with Crippen LogP contribution in [-0.2, 0) is 10.0 Å². The number of hydrogen-bond acceptors (Lipinski definition) is 2. The number of halogens is 1. The summed E-state index contributed by atoms with van der Waals surface area (Å²) in [5.74, 6) is 0. The van der Waals surface area contributed by atoms with Gasteiger partial charge in [0.1, 0.15) is 0 Å². The Labute approximate surface area is 141 Å². The van der Waals surface area contributed by atoms with Gasteiger partial charge in [-0.05, 0) is 36.6 Å². The van der Waals surface area contributed by atoms with Crippen molar-refractivity contribution in [2.75, 3.05) is 10.8 Å². The summed E-state index contributed by atoms with van der Waals surface area (Å²) >= 11 is 5.96. The van der Waals surface area contributed by atoms with Gasteiger partial charge in [0, 0.05) is 17.0 Å². The molecule has 0 aliphatic carbocycles. The highest BCUT2D eigenvalue weighted by Gasteiger charge is 2.24. The van der Waals surface area contributed by atoms with E-state index >= 15 is 0 Å². The van der Waals surface area contributed by atoms with Crippen LogP contribution in [0.25, 0.3) is 10.8 Å². The highest BCUT2D eigenvalue weighted by Crippen LogP contribution is 2.31. The Bertz CT molecular complexity index is 949. The van der Waals surface area contributed by atoms with Crippen LogP contribution in [0.4, 0.5) is 5.69 Å². The van der Waals surface area contributed by atoms with Gasteiger partial charge in [-0.3, -0.25) is 4.31 Å². The molecule has 118 valence electrons. The van der Waals surface area contributed by atoms with Crippen LogP contribution in [0.2, 0.25) is 5.02 Å². The Morgan fingerprint density at radius 3 is 2.39 bits per heavy atom. The summed E-state index contributed by atoms with van der Waals surface area (Å²) in [6.45, 7) is 2.16. The summed E-state index contributed by atoms with van der Waals surface area (Å²) in [6.07, 6.45) is 0. The lowest BCUT2D eigenvalue weighted by atomic mass is 10.1. The van der Waals surface area contributed by atoms with Crippen LogP contribution in [0.15, 0.2) is 71.6 Å². The average molecular weight is 346 g/mol. The lowest BCUT2D eigenvalue weighted by molar-refractivity contribution is 0.592. The van der Waals surface area contributed by atoms with Gasteiger partial charge in [-0.1, -0.05) is 54.1 Å². The molecule has 0 spiro atoms. The fraction of sp³-hybridized carbons (Fsp3) is 0.111. The van der Waals surface area contributed by atoms with Crippen LogP contribution in [0.3, 0.4) is 0 Å². The molecule has 0 bridgehead atoms. The molecule has 0 saturated carbocycles. The molecule has 0 N–H and O–H groups in total. The molecule has 0 amide bonds. The molecule has 0 heterocycles. The summed E-state index contributed by atoms with van der Waals surface area (Å²) in [5, 5.41) is 2.31. The number of sulfonamides is 1. The summed E-state index contributed by atoms with van der Waals surface area (Å²) in [6, 6.07) is 19.8. The first kappa shape index (κ1) is 15.8. The van der Waals surface area contributed by atoms with E-state index in [9.17, 15) is 8.42 Å². The van der Waals surface area contributed by atoms with Crippen LogP contribution in [0, 0.1) is 0 Å². The Balaban J connectivity index is 2.19. The molecule has 3 aromatic carbocycles. The molecule has 0 saturated heterocycles. The molecule has 5 heteroatoms. The van der Waals surface area contributed by atoms with Gasteiger partial charge in [0.25, 0.3) is 10.0 Å². The van der Waals surface area contributed by atoms with Gasteiger partial charge >= 0.3 is 0 Å². The third kappa shape index (κ3) is 2.92. The molecule has 0 atom stereocenters. The van der Waals surface area contributed by atoms with E-state index in [4.69, 9.17) is 11.6 Å². The van der Waals surface area contributed by atoms with Crippen LogP contribution >= 0.6 is 11.6 Å². The Morgan fingerprint density at radius 1 is 0.957 bits per heavy atom. The van der Waals surface area contributed by atoms with Crippen molar-refractivity contribution in [2.45, 2.75) is 11.8 Å². The Hall–Kier alpha value is -2.04. The predicted molar refractivity (Wildman–Crippen MR) is 95.6 cm³/mol. The zero-order chi connectivity index (χ0) is 16.4.